The van der Waals surface area contributed by atoms with Crippen LogP contribution in [0.2, 0.25) is 0 Å². The molecule has 0 saturated heterocycles. The second-order valence-electron chi connectivity index (χ2n) is 6.84. The van der Waals surface area contributed by atoms with Crippen molar-refractivity contribution in [3.63, 3.8) is 0 Å². The molecule has 0 aliphatic rings. The highest BCUT2D eigenvalue weighted by atomic mass is 79.9. The number of aromatic nitrogens is 3. The van der Waals surface area contributed by atoms with Crippen LogP contribution in [0.5, 0.6) is 0 Å². The molecule has 4 aromatic rings. The standard InChI is InChI=1S/C22H22BrN5OS.ClH/c1-3-27(4-2)11-12-28(22-26-18-10-9-15(23)13-20(18)30-22)21(29)19-14-24-16-7-5-6-8-17(16)25-19;/h5-10,13-14H,3-4,11-12H2,1-2H3;1H. The number of thiazole rings is 1. The van der Waals surface area contributed by atoms with Crippen LogP contribution in [0.1, 0.15) is 24.3 Å². The molecule has 0 fully saturated rings. The number of para-hydroxylation sites is 2. The van der Waals surface area contributed by atoms with Gasteiger partial charge in [0.25, 0.3) is 5.91 Å². The fourth-order valence-corrected chi connectivity index (χ4v) is 4.81. The zero-order valence-corrected chi connectivity index (χ0v) is 20.5. The minimum Gasteiger partial charge on any atom is -0.302 e. The molecular formula is C22H23BrClN5OS. The Morgan fingerprint density at radius 3 is 2.48 bits per heavy atom. The maximum atomic E-state index is 13.5. The van der Waals surface area contributed by atoms with E-state index in [0.29, 0.717) is 22.9 Å². The molecule has 0 unspecified atom stereocenters. The van der Waals surface area contributed by atoms with Crippen molar-refractivity contribution in [3.05, 3.63) is 58.8 Å². The fourth-order valence-electron chi connectivity index (χ4n) is 3.27. The molecule has 0 aliphatic carbocycles. The van der Waals surface area contributed by atoms with Crippen molar-refractivity contribution in [3.8, 4) is 0 Å². The van der Waals surface area contributed by atoms with Crippen LogP contribution < -0.4 is 4.90 Å². The van der Waals surface area contributed by atoms with Crippen molar-refractivity contribution >= 4 is 72.0 Å². The third-order valence-electron chi connectivity index (χ3n) is 5.02. The Morgan fingerprint density at radius 2 is 1.74 bits per heavy atom. The molecule has 0 bridgehead atoms. The smallest absolute Gasteiger partial charge is 0.280 e. The Hall–Kier alpha value is -2.13. The predicted octanol–water partition coefficient (Wildman–Crippen LogP) is 5.41. The molecule has 1 amide bonds. The molecule has 9 heteroatoms. The molecule has 0 radical (unpaired) electrons. The minimum absolute atomic E-state index is 0. The van der Waals surface area contributed by atoms with E-state index in [2.05, 4.69) is 44.6 Å². The number of nitrogens with zero attached hydrogens (tertiary/aromatic N) is 5. The van der Waals surface area contributed by atoms with Gasteiger partial charge in [0, 0.05) is 17.6 Å². The SMILES string of the molecule is CCN(CC)CCN(C(=O)c1cnc2ccccc2n1)c1nc2ccc(Br)cc2s1.Cl. The number of fused-ring (bicyclic) bond motifs is 2. The summed E-state index contributed by atoms with van der Waals surface area (Å²) in [4.78, 5) is 31.2. The molecule has 2 heterocycles. The average molecular weight is 521 g/mol. The maximum absolute atomic E-state index is 13.5. The summed E-state index contributed by atoms with van der Waals surface area (Å²) >= 11 is 5.02. The van der Waals surface area contributed by atoms with E-state index in [1.54, 1.807) is 11.1 Å². The first-order valence-electron chi connectivity index (χ1n) is 9.91. The number of hydrogen-bond acceptors (Lipinski definition) is 6. The zero-order valence-electron chi connectivity index (χ0n) is 17.3. The van der Waals surface area contributed by atoms with Gasteiger partial charge in [-0.05, 0) is 43.4 Å². The molecule has 2 aromatic carbocycles. The summed E-state index contributed by atoms with van der Waals surface area (Å²) in [5.41, 5.74) is 2.69. The lowest BCUT2D eigenvalue weighted by molar-refractivity contribution is 0.0979. The third kappa shape index (κ3) is 5.20. The van der Waals surface area contributed by atoms with Crippen LogP contribution in [0.25, 0.3) is 21.3 Å². The number of carbonyl (C=O) groups excluding carboxylic acids is 1. The zero-order chi connectivity index (χ0) is 21.1. The van der Waals surface area contributed by atoms with Crippen LogP contribution in [-0.4, -0.2) is 51.9 Å². The van der Waals surface area contributed by atoms with Crippen LogP contribution in [-0.2, 0) is 0 Å². The van der Waals surface area contributed by atoms with Gasteiger partial charge >= 0.3 is 0 Å². The van der Waals surface area contributed by atoms with Crippen LogP contribution in [0.4, 0.5) is 5.13 Å². The van der Waals surface area contributed by atoms with E-state index < -0.39 is 0 Å². The second kappa shape index (κ2) is 10.5. The summed E-state index contributed by atoms with van der Waals surface area (Å²) in [7, 11) is 0. The van der Waals surface area contributed by atoms with Crippen LogP contribution >= 0.6 is 39.7 Å². The van der Waals surface area contributed by atoms with Gasteiger partial charge in [-0.1, -0.05) is 53.2 Å². The first kappa shape index (κ1) is 23.5. The predicted molar refractivity (Wildman–Crippen MR) is 134 cm³/mol. The lowest BCUT2D eigenvalue weighted by Crippen LogP contribution is -2.39. The van der Waals surface area contributed by atoms with E-state index in [-0.39, 0.29) is 18.3 Å². The third-order valence-corrected chi connectivity index (χ3v) is 6.55. The molecule has 31 heavy (non-hydrogen) atoms. The Labute approximate surface area is 199 Å². The van der Waals surface area contributed by atoms with Gasteiger partial charge in [0.15, 0.2) is 5.13 Å². The Balaban J connectivity index is 0.00000272. The number of halogens is 2. The number of anilines is 1. The van der Waals surface area contributed by atoms with Crippen LogP contribution in [0.3, 0.4) is 0 Å². The van der Waals surface area contributed by atoms with Crippen molar-refractivity contribution in [2.45, 2.75) is 13.8 Å². The molecular weight excluding hydrogens is 498 g/mol. The number of carbonyl (C=O) groups is 1. The van der Waals surface area contributed by atoms with Crippen LogP contribution in [0.15, 0.2) is 53.1 Å². The van der Waals surface area contributed by atoms with E-state index in [9.17, 15) is 4.79 Å². The molecule has 4 rings (SSSR count). The summed E-state index contributed by atoms with van der Waals surface area (Å²) in [6, 6.07) is 13.5. The van der Waals surface area contributed by atoms with Gasteiger partial charge < -0.3 is 4.90 Å². The normalized spacial score (nSPS) is 11.1. The highest BCUT2D eigenvalue weighted by Gasteiger charge is 2.23. The van der Waals surface area contributed by atoms with E-state index in [1.165, 1.54) is 11.3 Å². The molecule has 0 aliphatic heterocycles. The Morgan fingerprint density at radius 1 is 1.00 bits per heavy atom. The molecule has 0 saturated carbocycles. The highest BCUT2D eigenvalue weighted by Crippen LogP contribution is 2.31. The fraction of sp³-hybridized carbons (Fsp3) is 0.273. The van der Waals surface area contributed by atoms with Crippen LogP contribution in [0, 0.1) is 0 Å². The number of rotatable bonds is 7. The van der Waals surface area contributed by atoms with Gasteiger partial charge in [0.05, 0.1) is 27.4 Å². The highest BCUT2D eigenvalue weighted by molar-refractivity contribution is 9.10. The number of benzene rings is 2. The van der Waals surface area contributed by atoms with Crippen molar-refractivity contribution in [1.82, 2.24) is 19.9 Å². The number of amides is 1. The molecule has 0 spiro atoms. The molecule has 162 valence electrons. The summed E-state index contributed by atoms with van der Waals surface area (Å²) in [5.74, 6) is -0.182. The van der Waals surface area contributed by atoms with Gasteiger partial charge in [0.1, 0.15) is 5.69 Å². The van der Waals surface area contributed by atoms with Gasteiger partial charge in [-0.25, -0.2) is 9.97 Å². The van der Waals surface area contributed by atoms with Gasteiger partial charge in [-0.2, -0.15) is 0 Å². The summed E-state index contributed by atoms with van der Waals surface area (Å²) in [6.07, 6.45) is 1.55. The molecule has 0 atom stereocenters. The summed E-state index contributed by atoms with van der Waals surface area (Å²) in [6.45, 7) is 7.41. The van der Waals surface area contributed by atoms with Gasteiger partial charge in [-0.3, -0.25) is 14.7 Å². The Kier molecular flexibility index (Phi) is 7.94. The van der Waals surface area contributed by atoms with Crippen molar-refractivity contribution in [2.75, 3.05) is 31.1 Å². The molecule has 2 aromatic heterocycles. The minimum atomic E-state index is -0.182. The van der Waals surface area contributed by atoms with Gasteiger partial charge in [0.2, 0.25) is 0 Å². The molecule has 6 nitrogen and oxygen atoms in total. The topological polar surface area (TPSA) is 62.2 Å². The second-order valence-corrected chi connectivity index (χ2v) is 8.76. The first-order valence-corrected chi connectivity index (χ1v) is 11.5. The van der Waals surface area contributed by atoms with Crippen molar-refractivity contribution < 1.29 is 4.79 Å². The number of likely N-dealkylation sites (N-methyl/N-ethyl adjacent to an activating group) is 1. The van der Waals surface area contributed by atoms with Crippen molar-refractivity contribution in [1.29, 1.82) is 0 Å². The van der Waals surface area contributed by atoms with Gasteiger partial charge in [-0.15, -0.1) is 12.4 Å². The monoisotopic (exact) mass is 519 g/mol. The maximum Gasteiger partial charge on any atom is 0.280 e. The van der Waals surface area contributed by atoms with E-state index in [4.69, 9.17) is 4.98 Å². The summed E-state index contributed by atoms with van der Waals surface area (Å²) in [5, 5.41) is 0.676. The lowest BCUT2D eigenvalue weighted by Gasteiger charge is -2.24. The van der Waals surface area contributed by atoms with E-state index >= 15 is 0 Å². The van der Waals surface area contributed by atoms with E-state index in [0.717, 1.165) is 39.8 Å². The summed E-state index contributed by atoms with van der Waals surface area (Å²) < 4.78 is 2.02. The lowest BCUT2D eigenvalue weighted by atomic mass is 10.3. The molecule has 0 N–H and O–H groups in total. The average Bonchev–Trinajstić information content (AvgIpc) is 3.18. The van der Waals surface area contributed by atoms with Crippen molar-refractivity contribution in [2.24, 2.45) is 0 Å². The quantitative estimate of drug-likeness (QED) is 0.326. The Bertz CT molecular complexity index is 1200. The first-order chi connectivity index (χ1) is 14.6. The van der Waals surface area contributed by atoms with E-state index in [1.807, 2.05) is 42.5 Å². The largest absolute Gasteiger partial charge is 0.302 e. The number of hydrogen-bond donors (Lipinski definition) is 0.